The number of fused-ring (bicyclic) bond motifs is 1. The van der Waals surface area contributed by atoms with Crippen LogP contribution >= 0.6 is 11.6 Å². The highest BCUT2D eigenvalue weighted by Gasteiger charge is 2.13. The van der Waals surface area contributed by atoms with Gasteiger partial charge in [0.2, 0.25) is 11.5 Å². The molecule has 5 N–H and O–H groups in total. The molecule has 2 heterocycles. The smallest absolute Gasteiger partial charge is 0.250 e. The lowest BCUT2D eigenvalue weighted by Crippen LogP contribution is -2.14. The Hall–Kier alpha value is -4.50. The number of hydrogen-bond donors (Lipinski definition) is 3. The van der Waals surface area contributed by atoms with Crippen molar-refractivity contribution in [2.75, 3.05) is 11.9 Å². The Bertz CT molecular complexity index is 1560. The summed E-state index contributed by atoms with van der Waals surface area (Å²) in [5, 5.41) is 4.79. The number of hydrogen-bond acceptors (Lipinski definition) is 7. The first-order valence-electron chi connectivity index (χ1n) is 11.0. The topological polar surface area (TPSA) is 141 Å². The Morgan fingerprint density at radius 2 is 1.94 bits per heavy atom. The molecule has 0 spiro atoms. The molecule has 0 bridgehead atoms. The minimum absolute atomic E-state index is 0.0875. The number of allylic oxidation sites excluding steroid dienone is 1. The minimum Gasteiger partial charge on any atom is -0.404 e. The zero-order valence-electron chi connectivity index (χ0n) is 19.5. The maximum Gasteiger partial charge on any atom is 0.250 e. The maximum absolute atomic E-state index is 11.8. The molecule has 2 aromatic heterocycles. The largest absolute Gasteiger partial charge is 0.404 e. The zero-order valence-corrected chi connectivity index (χ0v) is 20.2. The second-order valence-corrected chi connectivity index (χ2v) is 8.47. The van der Waals surface area contributed by atoms with Crippen LogP contribution in [0.5, 0.6) is 0 Å². The molecule has 2 aromatic carbocycles. The number of aromatic nitrogens is 3. The Morgan fingerprint density at radius 3 is 2.67 bits per heavy atom. The SMILES string of the molecule is Cn1cc(-c2ccc3nc(C(C=NCC(N)=O)=CN)nc(NCc4cccc(Cl)c4)c3c2)ccc1=O. The molecular formula is C26H24ClN7O2. The normalized spacial score (nSPS) is 11.8. The van der Waals surface area contributed by atoms with E-state index in [1.807, 2.05) is 42.5 Å². The highest BCUT2D eigenvalue weighted by atomic mass is 35.5. The summed E-state index contributed by atoms with van der Waals surface area (Å²) in [7, 11) is 1.71. The van der Waals surface area contributed by atoms with Gasteiger partial charge < -0.3 is 21.4 Å². The van der Waals surface area contributed by atoms with Gasteiger partial charge in [0.15, 0.2) is 5.82 Å². The van der Waals surface area contributed by atoms with Crippen LogP contribution in [0.2, 0.25) is 5.02 Å². The van der Waals surface area contributed by atoms with Crippen LogP contribution in [-0.4, -0.2) is 33.2 Å². The zero-order chi connectivity index (χ0) is 25.7. The van der Waals surface area contributed by atoms with E-state index in [9.17, 15) is 9.59 Å². The third-order valence-corrected chi connectivity index (χ3v) is 5.61. The Kier molecular flexibility index (Phi) is 7.41. The van der Waals surface area contributed by atoms with Gasteiger partial charge in [0.05, 0.1) is 11.1 Å². The molecule has 0 saturated carbocycles. The molecule has 36 heavy (non-hydrogen) atoms. The lowest BCUT2D eigenvalue weighted by Gasteiger charge is -2.13. The average Bonchev–Trinajstić information content (AvgIpc) is 2.86. The number of nitrogens with zero attached hydrogens (tertiary/aromatic N) is 4. The van der Waals surface area contributed by atoms with E-state index in [4.69, 9.17) is 28.1 Å². The number of amides is 1. The summed E-state index contributed by atoms with van der Waals surface area (Å²) in [6, 6.07) is 16.6. The van der Waals surface area contributed by atoms with Crippen molar-refractivity contribution in [3.8, 4) is 11.1 Å². The number of aryl methyl sites for hydroxylation is 1. The monoisotopic (exact) mass is 501 g/mol. The fraction of sp³-hybridized carbons (Fsp3) is 0.115. The van der Waals surface area contributed by atoms with Crippen molar-refractivity contribution in [3.05, 3.63) is 93.8 Å². The van der Waals surface area contributed by atoms with Crippen LogP contribution in [0, 0.1) is 0 Å². The van der Waals surface area contributed by atoms with E-state index in [2.05, 4.69) is 15.3 Å². The van der Waals surface area contributed by atoms with Crippen LogP contribution in [0.1, 0.15) is 11.4 Å². The summed E-state index contributed by atoms with van der Waals surface area (Å²) >= 11 is 6.14. The van der Waals surface area contributed by atoms with Gasteiger partial charge in [-0.2, -0.15) is 0 Å². The summed E-state index contributed by atoms with van der Waals surface area (Å²) < 4.78 is 1.53. The molecule has 0 aliphatic rings. The van der Waals surface area contributed by atoms with Crippen LogP contribution in [0.4, 0.5) is 5.82 Å². The van der Waals surface area contributed by atoms with Gasteiger partial charge in [0.1, 0.15) is 12.4 Å². The molecule has 0 radical (unpaired) electrons. The molecule has 0 aliphatic heterocycles. The predicted molar refractivity (Wildman–Crippen MR) is 144 cm³/mol. The van der Waals surface area contributed by atoms with Crippen molar-refractivity contribution in [1.29, 1.82) is 0 Å². The van der Waals surface area contributed by atoms with Crippen molar-refractivity contribution in [2.45, 2.75) is 6.54 Å². The summed E-state index contributed by atoms with van der Waals surface area (Å²) in [6.45, 7) is 0.293. The van der Waals surface area contributed by atoms with Crippen molar-refractivity contribution < 1.29 is 4.79 Å². The van der Waals surface area contributed by atoms with E-state index in [0.29, 0.717) is 34.3 Å². The van der Waals surface area contributed by atoms with Gasteiger partial charge in [0, 0.05) is 48.7 Å². The summed E-state index contributed by atoms with van der Waals surface area (Å²) in [5.74, 6) is 0.350. The summed E-state index contributed by atoms with van der Waals surface area (Å²) in [6.07, 6.45) is 4.53. The number of carbonyl (C=O) groups is 1. The molecule has 4 rings (SSSR count). The lowest BCUT2D eigenvalue weighted by atomic mass is 10.0. The number of aliphatic imine (C=N–C) groups is 1. The van der Waals surface area contributed by atoms with E-state index < -0.39 is 5.91 Å². The van der Waals surface area contributed by atoms with E-state index in [1.54, 1.807) is 19.3 Å². The molecule has 0 aliphatic carbocycles. The van der Waals surface area contributed by atoms with E-state index in [0.717, 1.165) is 22.1 Å². The van der Waals surface area contributed by atoms with Crippen molar-refractivity contribution >= 4 is 46.0 Å². The van der Waals surface area contributed by atoms with Gasteiger partial charge in [-0.1, -0.05) is 29.8 Å². The van der Waals surface area contributed by atoms with Gasteiger partial charge >= 0.3 is 0 Å². The summed E-state index contributed by atoms with van der Waals surface area (Å²) in [4.78, 5) is 36.3. The Labute approximate surface area is 212 Å². The number of primary amides is 1. The Balaban J connectivity index is 1.80. The average molecular weight is 502 g/mol. The molecule has 0 saturated heterocycles. The number of nitrogens with one attached hydrogen (secondary N) is 1. The minimum atomic E-state index is -0.558. The molecule has 10 heteroatoms. The maximum atomic E-state index is 11.8. The number of halogens is 1. The highest BCUT2D eigenvalue weighted by Crippen LogP contribution is 2.28. The number of benzene rings is 2. The number of nitrogens with two attached hydrogens (primary N) is 2. The Morgan fingerprint density at radius 1 is 1.14 bits per heavy atom. The fourth-order valence-electron chi connectivity index (χ4n) is 3.58. The number of carbonyl (C=O) groups excluding carboxylic acids is 1. The molecular weight excluding hydrogens is 478 g/mol. The molecule has 9 nitrogen and oxygen atoms in total. The van der Waals surface area contributed by atoms with Crippen LogP contribution < -0.4 is 22.3 Å². The second kappa shape index (κ2) is 10.8. The van der Waals surface area contributed by atoms with Crippen molar-refractivity contribution in [3.63, 3.8) is 0 Å². The molecule has 0 atom stereocenters. The van der Waals surface area contributed by atoms with Gasteiger partial charge in [-0.15, -0.1) is 0 Å². The third kappa shape index (κ3) is 5.76. The molecule has 1 amide bonds. The number of rotatable bonds is 8. The molecule has 0 fully saturated rings. The van der Waals surface area contributed by atoms with Crippen LogP contribution in [-0.2, 0) is 18.4 Å². The molecule has 182 valence electrons. The lowest BCUT2D eigenvalue weighted by molar-refractivity contribution is -0.116. The predicted octanol–water partition coefficient (Wildman–Crippen LogP) is 3.12. The molecule has 4 aromatic rings. The fourth-order valence-corrected chi connectivity index (χ4v) is 3.79. The molecule has 0 unspecified atom stereocenters. The van der Waals surface area contributed by atoms with Crippen LogP contribution in [0.3, 0.4) is 0 Å². The van der Waals surface area contributed by atoms with E-state index in [1.165, 1.54) is 23.0 Å². The second-order valence-electron chi connectivity index (χ2n) is 8.04. The van der Waals surface area contributed by atoms with E-state index >= 15 is 0 Å². The van der Waals surface area contributed by atoms with Gasteiger partial charge in [0.25, 0.3) is 0 Å². The van der Waals surface area contributed by atoms with Gasteiger partial charge in [-0.25, -0.2) is 9.97 Å². The first kappa shape index (κ1) is 24.6. The van der Waals surface area contributed by atoms with E-state index in [-0.39, 0.29) is 12.1 Å². The van der Waals surface area contributed by atoms with Crippen molar-refractivity contribution in [2.24, 2.45) is 23.5 Å². The first-order chi connectivity index (χ1) is 17.3. The highest BCUT2D eigenvalue weighted by molar-refractivity contribution is 6.30. The quantitative estimate of drug-likeness (QED) is 0.317. The number of anilines is 1. The standard InChI is InChI=1S/C26H24ClN7O2/c1-34-15-18(6-8-24(34)36)17-5-7-22-21(10-17)26(31-12-16-3-2-4-20(27)9-16)33-25(32-22)19(11-28)13-30-14-23(29)35/h2-11,13,15H,12,14,28H2,1H3,(H2,29,35)(H,31,32,33). The van der Waals surface area contributed by atoms with Gasteiger partial charge in [-0.3, -0.25) is 14.6 Å². The number of pyridine rings is 1. The van der Waals surface area contributed by atoms with Crippen molar-refractivity contribution in [1.82, 2.24) is 14.5 Å². The summed E-state index contributed by atoms with van der Waals surface area (Å²) in [5.41, 5.74) is 14.8. The third-order valence-electron chi connectivity index (χ3n) is 5.38. The first-order valence-corrected chi connectivity index (χ1v) is 11.4. The van der Waals surface area contributed by atoms with Crippen LogP contribution in [0.25, 0.3) is 27.6 Å². The van der Waals surface area contributed by atoms with Gasteiger partial charge in [-0.05, 0) is 47.0 Å². The van der Waals surface area contributed by atoms with Crippen LogP contribution in [0.15, 0.2) is 76.8 Å².